The summed E-state index contributed by atoms with van der Waals surface area (Å²) in [6.45, 7) is 6.16. The molecule has 7 heteroatoms. The molecule has 1 fully saturated rings. The van der Waals surface area contributed by atoms with Gasteiger partial charge in [0, 0.05) is 38.1 Å². The molecule has 2 aromatic rings. The first-order valence-corrected chi connectivity index (χ1v) is 9.23. The minimum Gasteiger partial charge on any atom is -0.341 e. The fourth-order valence-electron chi connectivity index (χ4n) is 3.27. The van der Waals surface area contributed by atoms with Crippen LogP contribution in [-0.2, 0) is 11.8 Å². The molecule has 1 aliphatic heterocycles. The highest BCUT2D eigenvalue weighted by Gasteiger charge is 2.25. The molecule has 1 amide bonds. The zero-order valence-electron chi connectivity index (χ0n) is 14.3. The fraction of sp³-hybridized carbons (Fsp3) is 0.529. The van der Waals surface area contributed by atoms with E-state index in [1.54, 1.807) is 12.4 Å². The number of aromatic nitrogens is 4. The number of rotatable bonds is 4. The van der Waals surface area contributed by atoms with Gasteiger partial charge in [-0.2, -0.15) is 0 Å². The molecular weight excluding hydrogens is 322 g/mol. The molecule has 0 radical (unpaired) electrons. The second-order valence-electron chi connectivity index (χ2n) is 6.64. The largest absolute Gasteiger partial charge is 0.341 e. The molecule has 2 unspecified atom stereocenters. The van der Waals surface area contributed by atoms with Crippen molar-refractivity contribution in [3.63, 3.8) is 0 Å². The summed E-state index contributed by atoms with van der Waals surface area (Å²) in [7, 11) is 1.92. The molecule has 24 heavy (non-hydrogen) atoms. The summed E-state index contributed by atoms with van der Waals surface area (Å²) in [5, 5.41) is 9.19. The number of pyridine rings is 1. The van der Waals surface area contributed by atoms with Crippen molar-refractivity contribution in [2.45, 2.75) is 25.4 Å². The minimum atomic E-state index is 0.185. The van der Waals surface area contributed by atoms with E-state index in [9.17, 15) is 4.79 Å². The maximum Gasteiger partial charge on any atom is 0.233 e. The number of piperidine rings is 1. The first-order valence-electron chi connectivity index (χ1n) is 8.25. The van der Waals surface area contributed by atoms with Crippen LogP contribution in [0, 0.1) is 11.8 Å². The van der Waals surface area contributed by atoms with Crippen LogP contribution < -0.4 is 0 Å². The predicted octanol–water partition coefficient (Wildman–Crippen LogP) is 2.47. The number of hydrogen-bond donors (Lipinski definition) is 0. The van der Waals surface area contributed by atoms with Gasteiger partial charge in [-0.05, 0) is 30.4 Å². The van der Waals surface area contributed by atoms with Gasteiger partial charge in [0.15, 0.2) is 11.0 Å². The van der Waals surface area contributed by atoms with Crippen LogP contribution in [0.2, 0.25) is 0 Å². The fourth-order valence-corrected chi connectivity index (χ4v) is 4.08. The second kappa shape index (κ2) is 7.34. The first kappa shape index (κ1) is 17.0. The third-order valence-electron chi connectivity index (χ3n) is 4.30. The summed E-state index contributed by atoms with van der Waals surface area (Å²) in [5.74, 6) is 2.50. The third kappa shape index (κ3) is 3.77. The van der Waals surface area contributed by atoms with Crippen LogP contribution in [0.3, 0.4) is 0 Å². The molecule has 3 heterocycles. The number of amides is 1. The van der Waals surface area contributed by atoms with Gasteiger partial charge in [0.1, 0.15) is 0 Å². The Hall–Kier alpha value is -1.89. The molecule has 128 valence electrons. The number of likely N-dealkylation sites (tertiary alicyclic amines) is 1. The van der Waals surface area contributed by atoms with Gasteiger partial charge in [-0.1, -0.05) is 25.6 Å². The quantitative estimate of drug-likeness (QED) is 0.797. The zero-order valence-corrected chi connectivity index (χ0v) is 15.2. The molecule has 0 aromatic carbocycles. The van der Waals surface area contributed by atoms with Gasteiger partial charge in [-0.15, -0.1) is 10.2 Å². The van der Waals surface area contributed by atoms with E-state index in [0.29, 0.717) is 17.6 Å². The van der Waals surface area contributed by atoms with Gasteiger partial charge in [0.05, 0.1) is 5.75 Å². The van der Waals surface area contributed by atoms with Crippen LogP contribution in [0.5, 0.6) is 0 Å². The maximum atomic E-state index is 12.5. The van der Waals surface area contributed by atoms with Crippen LogP contribution >= 0.6 is 11.8 Å². The lowest BCUT2D eigenvalue weighted by Crippen LogP contribution is -2.43. The Labute approximate surface area is 146 Å². The molecule has 0 aliphatic carbocycles. The molecular formula is C17H23N5OS. The lowest BCUT2D eigenvalue weighted by molar-refractivity contribution is -0.130. The summed E-state index contributed by atoms with van der Waals surface area (Å²) in [6.07, 6.45) is 4.70. The van der Waals surface area contributed by atoms with Crippen molar-refractivity contribution in [3.05, 3.63) is 24.5 Å². The monoisotopic (exact) mass is 345 g/mol. The predicted molar refractivity (Wildman–Crippen MR) is 94.5 cm³/mol. The molecule has 1 aliphatic rings. The zero-order chi connectivity index (χ0) is 17.1. The van der Waals surface area contributed by atoms with Crippen LogP contribution in [-0.4, -0.2) is 49.4 Å². The second-order valence-corrected chi connectivity index (χ2v) is 7.58. The molecule has 0 spiro atoms. The van der Waals surface area contributed by atoms with E-state index in [0.717, 1.165) is 29.6 Å². The van der Waals surface area contributed by atoms with Crippen LogP contribution in [0.25, 0.3) is 11.4 Å². The van der Waals surface area contributed by atoms with Crippen molar-refractivity contribution >= 4 is 17.7 Å². The van der Waals surface area contributed by atoms with Crippen LogP contribution in [0.15, 0.2) is 29.7 Å². The average molecular weight is 345 g/mol. The van der Waals surface area contributed by atoms with Crippen molar-refractivity contribution in [2.75, 3.05) is 18.8 Å². The van der Waals surface area contributed by atoms with E-state index in [-0.39, 0.29) is 5.91 Å². The smallest absolute Gasteiger partial charge is 0.233 e. The number of nitrogens with zero attached hydrogens (tertiary/aromatic N) is 5. The highest BCUT2D eigenvalue weighted by atomic mass is 32.2. The molecule has 0 bridgehead atoms. The van der Waals surface area contributed by atoms with Gasteiger partial charge in [-0.25, -0.2) is 0 Å². The molecule has 0 N–H and O–H groups in total. The summed E-state index contributed by atoms with van der Waals surface area (Å²) in [6, 6.07) is 3.83. The van der Waals surface area contributed by atoms with Crippen molar-refractivity contribution in [2.24, 2.45) is 18.9 Å². The summed E-state index contributed by atoms with van der Waals surface area (Å²) >= 11 is 1.44. The number of thioether (sulfide) groups is 1. The Morgan fingerprint density at radius 3 is 2.71 bits per heavy atom. The van der Waals surface area contributed by atoms with E-state index < -0.39 is 0 Å². The molecule has 0 saturated carbocycles. The Morgan fingerprint density at radius 1 is 1.29 bits per heavy atom. The van der Waals surface area contributed by atoms with Crippen molar-refractivity contribution in [3.8, 4) is 11.4 Å². The minimum absolute atomic E-state index is 0.185. The van der Waals surface area contributed by atoms with Gasteiger partial charge in [0.2, 0.25) is 5.91 Å². The van der Waals surface area contributed by atoms with Gasteiger partial charge >= 0.3 is 0 Å². The Kier molecular flexibility index (Phi) is 5.18. The van der Waals surface area contributed by atoms with Crippen LogP contribution in [0.4, 0.5) is 0 Å². The number of carbonyl (C=O) groups excluding carboxylic acids is 1. The molecule has 2 atom stereocenters. The first-order chi connectivity index (χ1) is 11.5. The van der Waals surface area contributed by atoms with Gasteiger partial charge in [-0.3, -0.25) is 9.78 Å². The van der Waals surface area contributed by atoms with Crippen LogP contribution in [0.1, 0.15) is 20.3 Å². The molecule has 6 nitrogen and oxygen atoms in total. The normalized spacial score (nSPS) is 21.0. The third-order valence-corrected chi connectivity index (χ3v) is 5.31. The van der Waals surface area contributed by atoms with E-state index >= 15 is 0 Å². The SMILES string of the molecule is CC1CC(C)CN(C(=O)CSc2nnc(-c3cccnc3)n2C)C1. The molecule has 3 rings (SSSR count). The van der Waals surface area contributed by atoms with Crippen molar-refractivity contribution < 1.29 is 4.79 Å². The topological polar surface area (TPSA) is 63.9 Å². The summed E-state index contributed by atoms with van der Waals surface area (Å²) < 4.78 is 1.91. The molecule has 2 aromatic heterocycles. The van der Waals surface area contributed by atoms with E-state index in [1.807, 2.05) is 28.6 Å². The standard InChI is InChI=1S/C17H23N5OS/c1-12-7-13(2)10-22(9-12)15(23)11-24-17-20-19-16(21(17)3)14-5-4-6-18-8-14/h4-6,8,12-13H,7,9-11H2,1-3H3. The Balaban J connectivity index is 1.63. The highest BCUT2D eigenvalue weighted by molar-refractivity contribution is 7.99. The number of hydrogen-bond acceptors (Lipinski definition) is 5. The highest BCUT2D eigenvalue weighted by Crippen LogP contribution is 2.24. The maximum absolute atomic E-state index is 12.5. The lowest BCUT2D eigenvalue weighted by atomic mass is 9.92. The summed E-state index contributed by atoms with van der Waals surface area (Å²) in [4.78, 5) is 18.6. The Morgan fingerprint density at radius 2 is 2.04 bits per heavy atom. The van der Waals surface area contributed by atoms with E-state index in [1.165, 1.54) is 18.2 Å². The molecule has 1 saturated heterocycles. The van der Waals surface area contributed by atoms with E-state index in [4.69, 9.17) is 0 Å². The van der Waals surface area contributed by atoms with Crippen molar-refractivity contribution in [1.29, 1.82) is 0 Å². The lowest BCUT2D eigenvalue weighted by Gasteiger charge is -2.34. The number of carbonyl (C=O) groups is 1. The summed E-state index contributed by atoms with van der Waals surface area (Å²) in [5.41, 5.74) is 0.921. The van der Waals surface area contributed by atoms with Crippen molar-refractivity contribution in [1.82, 2.24) is 24.6 Å². The van der Waals surface area contributed by atoms with Gasteiger partial charge < -0.3 is 9.47 Å². The average Bonchev–Trinajstić information content (AvgIpc) is 2.93. The van der Waals surface area contributed by atoms with E-state index in [2.05, 4.69) is 29.0 Å². The van der Waals surface area contributed by atoms with Gasteiger partial charge in [0.25, 0.3) is 0 Å². The Bertz CT molecular complexity index is 692.